The molecule has 5 heteroatoms. The Hall–Kier alpha value is -0.814. The van der Waals surface area contributed by atoms with Gasteiger partial charge in [0.25, 0.3) is 11.9 Å². The number of hydrogen-bond acceptors (Lipinski definition) is 4. The van der Waals surface area contributed by atoms with Crippen LogP contribution >= 0.6 is 0 Å². The SMILES string of the molecule is C=CC(=O)O[CH-]CCC.C=CC(=O)O[CH-]CCC.[Mg+2]. The fourth-order valence-electron chi connectivity index (χ4n) is 0.614. The minimum absolute atomic E-state index is 0. The summed E-state index contributed by atoms with van der Waals surface area (Å²) in [6.07, 6.45) is 5.88. The summed E-state index contributed by atoms with van der Waals surface area (Å²) in [4.78, 5) is 20.6. The molecule has 0 aromatic carbocycles. The zero-order chi connectivity index (χ0) is 14.2. The van der Waals surface area contributed by atoms with Crippen molar-refractivity contribution >= 4 is 35.0 Å². The van der Waals surface area contributed by atoms with Crippen LogP contribution in [-0.4, -0.2) is 35.0 Å². The van der Waals surface area contributed by atoms with Gasteiger partial charge in [-0.05, 0) is 0 Å². The zero-order valence-corrected chi connectivity index (χ0v) is 13.3. The molecule has 0 bridgehead atoms. The van der Waals surface area contributed by atoms with Gasteiger partial charge in [-0.15, -0.1) is 12.8 Å². The van der Waals surface area contributed by atoms with E-state index in [0.717, 1.165) is 37.8 Å². The number of ether oxygens (including phenoxy) is 2. The van der Waals surface area contributed by atoms with Crippen molar-refractivity contribution in [2.24, 2.45) is 0 Å². The number of esters is 2. The summed E-state index contributed by atoms with van der Waals surface area (Å²) in [5, 5.41) is 0. The van der Waals surface area contributed by atoms with Crippen LogP contribution in [0, 0.1) is 13.2 Å². The van der Waals surface area contributed by atoms with E-state index in [-0.39, 0.29) is 35.0 Å². The van der Waals surface area contributed by atoms with Crippen LogP contribution in [0.1, 0.15) is 39.5 Å². The molecule has 0 saturated carbocycles. The standard InChI is InChI=1S/2C7H11O2.Mg/c2*1-3-5-6-9-7(8)4-2;/h2*4,6H,2-3,5H2,1H3;/q2*-1;+2. The molecule has 0 aromatic rings. The van der Waals surface area contributed by atoms with Crippen LogP contribution in [0.5, 0.6) is 0 Å². The molecule has 0 saturated heterocycles. The van der Waals surface area contributed by atoms with Gasteiger partial charge in [0.2, 0.25) is 0 Å². The zero-order valence-electron chi connectivity index (χ0n) is 11.9. The Morgan fingerprint density at radius 2 is 1.26 bits per heavy atom. The first-order valence-electron chi connectivity index (χ1n) is 5.91. The molecule has 0 radical (unpaired) electrons. The number of unbranched alkanes of at least 4 members (excludes halogenated alkanes) is 2. The molecule has 0 aromatic heterocycles. The van der Waals surface area contributed by atoms with Gasteiger partial charge in [-0.25, -0.2) is 9.59 Å². The van der Waals surface area contributed by atoms with E-state index in [1.165, 1.54) is 13.2 Å². The largest absolute Gasteiger partial charge is 2.00 e. The van der Waals surface area contributed by atoms with Crippen LogP contribution in [0.3, 0.4) is 0 Å². The molecule has 0 aliphatic heterocycles. The summed E-state index contributed by atoms with van der Waals surface area (Å²) in [6, 6.07) is 0. The van der Waals surface area contributed by atoms with E-state index >= 15 is 0 Å². The summed E-state index contributed by atoms with van der Waals surface area (Å²) in [5.74, 6) is -0.771. The molecule has 0 atom stereocenters. The predicted octanol–water partition coefficient (Wildman–Crippen LogP) is 2.97. The molecule has 0 aliphatic rings. The third kappa shape index (κ3) is 22.8. The summed E-state index contributed by atoms with van der Waals surface area (Å²) in [5.41, 5.74) is 0. The van der Waals surface area contributed by atoms with Crippen molar-refractivity contribution in [3.05, 3.63) is 38.5 Å². The van der Waals surface area contributed by atoms with Gasteiger partial charge in [-0.1, -0.05) is 39.8 Å². The average molecular weight is 279 g/mol. The molecule has 0 heterocycles. The van der Waals surface area contributed by atoms with Crippen molar-refractivity contribution in [2.45, 2.75) is 39.5 Å². The normalized spacial score (nSPS) is 8.11. The Bertz CT molecular complexity index is 226. The van der Waals surface area contributed by atoms with Crippen molar-refractivity contribution in [1.29, 1.82) is 0 Å². The third-order valence-corrected chi connectivity index (χ3v) is 1.55. The fraction of sp³-hybridized carbons (Fsp3) is 0.429. The molecular weight excluding hydrogens is 256 g/mol. The van der Waals surface area contributed by atoms with Gasteiger partial charge in [-0.2, -0.15) is 13.2 Å². The topological polar surface area (TPSA) is 52.6 Å². The van der Waals surface area contributed by atoms with Crippen LogP contribution in [0.2, 0.25) is 0 Å². The molecule has 0 unspecified atom stereocenters. The van der Waals surface area contributed by atoms with Gasteiger partial charge in [-0.3, -0.25) is 0 Å². The van der Waals surface area contributed by atoms with Gasteiger partial charge in [0.05, 0.1) is 0 Å². The van der Waals surface area contributed by atoms with Crippen molar-refractivity contribution in [3.8, 4) is 0 Å². The van der Waals surface area contributed by atoms with Gasteiger partial charge in [0, 0.05) is 12.2 Å². The van der Waals surface area contributed by atoms with E-state index in [4.69, 9.17) is 0 Å². The summed E-state index contributed by atoms with van der Waals surface area (Å²) in [6.45, 7) is 13.5. The maximum Gasteiger partial charge on any atom is 2.00 e. The molecule has 0 rings (SSSR count). The number of carbonyl (C=O) groups excluding carboxylic acids is 2. The van der Waals surface area contributed by atoms with Gasteiger partial charge >= 0.3 is 23.1 Å². The molecule has 0 fully saturated rings. The van der Waals surface area contributed by atoms with E-state index in [1.54, 1.807) is 0 Å². The quantitative estimate of drug-likeness (QED) is 0.225. The third-order valence-electron chi connectivity index (χ3n) is 1.55. The van der Waals surface area contributed by atoms with E-state index in [1.807, 2.05) is 13.8 Å². The van der Waals surface area contributed by atoms with Crippen molar-refractivity contribution in [2.75, 3.05) is 0 Å². The van der Waals surface area contributed by atoms with E-state index < -0.39 is 0 Å². The maximum atomic E-state index is 10.3. The Morgan fingerprint density at radius 1 is 0.947 bits per heavy atom. The molecular formula is C14H22MgO4. The molecule has 0 aliphatic carbocycles. The minimum atomic E-state index is -0.386. The second-order valence-corrected chi connectivity index (χ2v) is 3.19. The molecule has 0 amide bonds. The van der Waals surface area contributed by atoms with E-state index in [0.29, 0.717) is 0 Å². The Morgan fingerprint density at radius 3 is 1.47 bits per heavy atom. The Kier molecular flexibility index (Phi) is 23.9. The van der Waals surface area contributed by atoms with Crippen LogP contribution < -0.4 is 0 Å². The smallest absolute Gasteiger partial charge is 0.634 e. The van der Waals surface area contributed by atoms with Crippen molar-refractivity contribution in [3.63, 3.8) is 0 Å². The average Bonchev–Trinajstić information content (AvgIpc) is 2.39. The van der Waals surface area contributed by atoms with Crippen LogP contribution in [0.25, 0.3) is 0 Å². The summed E-state index contributed by atoms with van der Waals surface area (Å²) < 4.78 is 9.10. The van der Waals surface area contributed by atoms with Crippen LogP contribution in [0.4, 0.5) is 0 Å². The first-order chi connectivity index (χ1) is 8.62. The second kappa shape index (κ2) is 19.5. The maximum absolute atomic E-state index is 10.3. The molecule has 0 spiro atoms. The predicted molar refractivity (Wildman–Crippen MR) is 76.7 cm³/mol. The van der Waals surface area contributed by atoms with E-state index in [9.17, 15) is 9.59 Å². The Balaban J connectivity index is -0.000000256. The van der Waals surface area contributed by atoms with Gasteiger partial charge < -0.3 is 9.47 Å². The number of hydrogen-bond donors (Lipinski definition) is 0. The van der Waals surface area contributed by atoms with Crippen LogP contribution in [0.15, 0.2) is 25.3 Å². The number of carbonyl (C=O) groups is 2. The number of rotatable bonds is 8. The van der Waals surface area contributed by atoms with Crippen molar-refractivity contribution < 1.29 is 19.1 Å². The molecule has 4 nitrogen and oxygen atoms in total. The molecule has 0 N–H and O–H groups in total. The first kappa shape index (κ1) is 23.3. The molecule has 19 heavy (non-hydrogen) atoms. The summed E-state index contributed by atoms with van der Waals surface area (Å²) >= 11 is 0. The summed E-state index contributed by atoms with van der Waals surface area (Å²) in [7, 11) is 0. The minimum Gasteiger partial charge on any atom is -0.634 e. The van der Waals surface area contributed by atoms with Crippen molar-refractivity contribution in [1.82, 2.24) is 0 Å². The monoisotopic (exact) mass is 278 g/mol. The first-order valence-corrected chi connectivity index (χ1v) is 5.91. The van der Waals surface area contributed by atoms with Gasteiger partial charge in [0.15, 0.2) is 0 Å². The molecule has 104 valence electrons. The van der Waals surface area contributed by atoms with E-state index in [2.05, 4.69) is 22.6 Å². The Labute approximate surface area is 132 Å². The fourth-order valence-corrected chi connectivity index (χ4v) is 0.614. The van der Waals surface area contributed by atoms with Gasteiger partial charge in [0.1, 0.15) is 0 Å². The second-order valence-electron chi connectivity index (χ2n) is 3.19. The van der Waals surface area contributed by atoms with Crippen LogP contribution in [-0.2, 0) is 19.1 Å².